The number of hydrogen-bond donors (Lipinski definition) is 2. The minimum atomic E-state index is -0.626. The number of amides is 2. The van der Waals surface area contributed by atoms with E-state index in [1.165, 1.54) is 0 Å². The molecule has 0 spiro atoms. The number of esters is 1. The highest BCUT2D eigenvalue weighted by Gasteiger charge is 2.12. The van der Waals surface area contributed by atoms with Gasteiger partial charge in [0.2, 0.25) is 5.91 Å². The normalized spacial score (nSPS) is 10.4. The second-order valence-corrected chi connectivity index (χ2v) is 6.73. The smallest absolute Gasteiger partial charge is 0.306 e. The van der Waals surface area contributed by atoms with Crippen LogP contribution in [0.25, 0.3) is 10.8 Å². The molecule has 0 bridgehead atoms. The largest absolute Gasteiger partial charge is 0.456 e. The molecular weight excluding hydrogens is 392 g/mol. The summed E-state index contributed by atoms with van der Waals surface area (Å²) in [6.45, 7) is -0.419. The van der Waals surface area contributed by atoms with Gasteiger partial charge >= 0.3 is 5.97 Å². The quantitative estimate of drug-likeness (QED) is 0.565. The molecule has 7 heteroatoms. The number of hydrogen-bond acceptors (Lipinski definition) is 4. The molecule has 3 aromatic carbocycles. The summed E-state index contributed by atoms with van der Waals surface area (Å²) in [6.07, 6.45) is -0.190. The van der Waals surface area contributed by atoms with Crippen LogP contribution < -0.4 is 10.6 Å². The van der Waals surface area contributed by atoms with E-state index < -0.39 is 18.5 Å². The van der Waals surface area contributed by atoms with Crippen molar-refractivity contribution in [3.05, 3.63) is 71.8 Å². The van der Waals surface area contributed by atoms with Crippen LogP contribution in [-0.4, -0.2) is 24.4 Å². The topological polar surface area (TPSA) is 84.5 Å². The highest BCUT2D eigenvalue weighted by molar-refractivity contribution is 6.30. The number of halogens is 1. The Morgan fingerprint density at radius 1 is 0.828 bits per heavy atom. The fourth-order valence-electron chi connectivity index (χ4n) is 2.74. The Hall–Kier alpha value is -3.38. The van der Waals surface area contributed by atoms with Gasteiger partial charge in [-0.3, -0.25) is 14.4 Å². The third kappa shape index (κ3) is 6.05. The fourth-order valence-corrected chi connectivity index (χ4v) is 2.93. The van der Waals surface area contributed by atoms with Crippen LogP contribution in [0.5, 0.6) is 0 Å². The molecule has 0 atom stereocenters. The first-order chi connectivity index (χ1) is 14.0. The van der Waals surface area contributed by atoms with E-state index in [1.54, 1.807) is 30.3 Å². The molecule has 2 amide bonds. The molecule has 3 rings (SSSR count). The number of benzene rings is 3. The first-order valence-corrected chi connectivity index (χ1v) is 9.38. The first kappa shape index (κ1) is 20.4. The number of carbonyl (C=O) groups is 3. The van der Waals surface area contributed by atoms with E-state index in [2.05, 4.69) is 10.6 Å². The lowest BCUT2D eigenvalue weighted by molar-refractivity contribution is -0.147. The molecule has 148 valence electrons. The Morgan fingerprint density at radius 3 is 2.41 bits per heavy atom. The van der Waals surface area contributed by atoms with Gasteiger partial charge in [0.05, 0.1) is 6.42 Å². The molecule has 0 aromatic heterocycles. The van der Waals surface area contributed by atoms with Gasteiger partial charge in [0.15, 0.2) is 6.61 Å². The van der Waals surface area contributed by atoms with Gasteiger partial charge in [-0.2, -0.15) is 0 Å². The van der Waals surface area contributed by atoms with E-state index in [9.17, 15) is 14.4 Å². The number of fused-ring (bicyclic) bond motifs is 1. The monoisotopic (exact) mass is 410 g/mol. The highest BCUT2D eigenvalue weighted by Crippen LogP contribution is 2.22. The van der Waals surface area contributed by atoms with Crippen molar-refractivity contribution in [3.63, 3.8) is 0 Å². The number of rotatable bonds is 7. The van der Waals surface area contributed by atoms with E-state index in [1.807, 2.05) is 36.4 Å². The highest BCUT2D eigenvalue weighted by atomic mass is 35.5. The summed E-state index contributed by atoms with van der Waals surface area (Å²) in [6, 6.07) is 19.9. The molecule has 29 heavy (non-hydrogen) atoms. The Kier molecular flexibility index (Phi) is 6.81. The zero-order valence-electron chi connectivity index (χ0n) is 15.5. The van der Waals surface area contributed by atoms with Gasteiger partial charge < -0.3 is 15.4 Å². The zero-order valence-corrected chi connectivity index (χ0v) is 16.2. The van der Waals surface area contributed by atoms with E-state index >= 15 is 0 Å². The van der Waals surface area contributed by atoms with Gasteiger partial charge in [-0.15, -0.1) is 0 Å². The molecule has 3 aromatic rings. The molecule has 0 unspecified atom stereocenters. The number of carbonyl (C=O) groups excluding carboxylic acids is 3. The molecular formula is C22H19ClN2O4. The molecule has 6 nitrogen and oxygen atoms in total. The van der Waals surface area contributed by atoms with Crippen LogP contribution in [0.2, 0.25) is 5.02 Å². The molecule has 0 aliphatic carbocycles. The van der Waals surface area contributed by atoms with Crippen molar-refractivity contribution in [2.45, 2.75) is 12.8 Å². The lowest BCUT2D eigenvalue weighted by atomic mass is 10.1. The maximum Gasteiger partial charge on any atom is 0.306 e. The van der Waals surface area contributed by atoms with Crippen molar-refractivity contribution in [3.8, 4) is 0 Å². The first-order valence-electron chi connectivity index (χ1n) is 9.00. The lowest BCUT2D eigenvalue weighted by Gasteiger charge is -2.09. The summed E-state index contributed by atoms with van der Waals surface area (Å²) < 4.78 is 4.96. The zero-order chi connectivity index (χ0) is 20.6. The predicted octanol–water partition coefficient (Wildman–Crippen LogP) is 4.39. The second kappa shape index (κ2) is 9.71. The summed E-state index contributed by atoms with van der Waals surface area (Å²) in [5.41, 5.74) is 1.19. The van der Waals surface area contributed by atoms with Crippen molar-refractivity contribution in [1.29, 1.82) is 0 Å². The van der Waals surface area contributed by atoms with E-state index in [0.717, 1.165) is 10.8 Å². The van der Waals surface area contributed by atoms with Crippen LogP contribution in [0, 0.1) is 0 Å². The fraction of sp³-hybridized carbons (Fsp3) is 0.136. The predicted molar refractivity (Wildman–Crippen MR) is 113 cm³/mol. The summed E-state index contributed by atoms with van der Waals surface area (Å²) >= 11 is 5.85. The average Bonchev–Trinajstić information content (AvgIpc) is 2.71. The van der Waals surface area contributed by atoms with Crippen LogP contribution >= 0.6 is 11.6 Å². The average molecular weight is 411 g/mol. The van der Waals surface area contributed by atoms with E-state index in [-0.39, 0.29) is 18.7 Å². The Labute approximate surface area is 172 Å². The van der Waals surface area contributed by atoms with E-state index in [0.29, 0.717) is 16.4 Å². The van der Waals surface area contributed by atoms with Crippen molar-refractivity contribution in [2.24, 2.45) is 0 Å². The van der Waals surface area contributed by atoms with Crippen LogP contribution in [0.15, 0.2) is 66.7 Å². The van der Waals surface area contributed by atoms with Crippen LogP contribution in [0.3, 0.4) is 0 Å². The molecule has 0 saturated heterocycles. The van der Waals surface area contributed by atoms with Gasteiger partial charge in [0.25, 0.3) is 5.91 Å². The third-order valence-electron chi connectivity index (χ3n) is 4.09. The van der Waals surface area contributed by atoms with Gasteiger partial charge in [-0.25, -0.2) is 0 Å². The molecule has 0 aliphatic heterocycles. The Morgan fingerprint density at radius 2 is 1.59 bits per heavy atom. The maximum atomic E-state index is 12.1. The standard InChI is InChI=1S/C22H19ClN2O4/c23-16-7-4-8-17(13-16)24-20(26)11-12-22(28)29-14-21(27)25-19-10-3-6-15-5-1-2-9-18(15)19/h1-10,13H,11-12,14H2,(H,24,26)(H,25,27). The van der Waals surface area contributed by atoms with Crippen molar-refractivity contribution in [1.82, 2.24) is 0 Å². The number of nitrogens with one attached hydrogen (secondary N) is 2. The minimum Gasteiger partial charge on any atom is -0.456 e. The SMILES string of the molecule is O=C(CCC(=O)OCC(=O)Nc1cccc2ccccc12)Nc1cccc(Cl)c1. The van der Waals surface area contributed by atoms with Crippen molar-refractivity contribution >= 4 is 51.5 Å². The van der Waals surface area contributed by atoms with Gasteiger partial charge in [-0.05, 0) is 29.7 Å². The molecule has 2 N–H and O–H groups in total. The van der Waals surface area contributed by atoms with Gasteiger partial charge in [0.1, 0.15) is 0 Å². The number of anilines is 2. The summed E-state index contributed by atoms with van der Waals surface area (Å²) in [4.78, 5) is 35.8. The molecule has 0 radical (unpaired) electrons. The third-order valence-corrected chi connectivity index (χ3v) is 4.33. The summed E-state index contributed by atoms with van der Waals surface area (Å²) in [7, 11) is 0. The molecule has 0 fully saturated rings. The maximum absolute atomic E-state index is 12.1. The van der Waals surface area contributed by atoms with Gasteiger partial charge in [0, 0.05) is 28.2 Å². The lowest BCUT2D eigenvalue weighted by Crippen LogP contribution is -2.22. The molecule has 0 aliphatic rings. The minimum absolute atomic E-state index is 0.0592. The van der Waals surface area contributed by atoms with Crippen molar-refractivity contribution < 1.29 is 19.1 Å². The second-order valence-electron chi connectivity index (χ2n) is 6.29. The number of ether oxygens (including phenoxy) is 1. The van der Waals surface area contributed by atoms with Crippen LogP contribution in [-0.2, 0) is 19.1 Å². The molecule has 0 saturated carbocycles. The summed E-state index contributed by atoms with van der Waals surface area (Å²) in [5.74, 6) is -1.41. The summed E-state index contributed by atoms with van der Waals surface area (Å²) in [5, 5.41) is 7.77. The van der Waals surface area contributed by atoms with Crippen molar-refractivity contribution in [2.75, 3.05) is 17.2 Å². The van der Waals surface area contributed by atoms with Gasteiger partial charge in [-0.1, -0.05) is 54.1 Å². The van der Waals surface area contributed by atoms with Crippen LogP contribution in [0.1, 0.15) is 12.8 Å². The molecule has 0 heterocycles. The Bertz CT molecular complexity index is 1050. The van der Waals surface area contributed by atoms with Crippen LogP contribution in [0.4, 0.5) is 11.4 Å². The Balaban J connectivity index is 1.43. The van der Waals surface area contributed by atoms with E-state index in [4.69, 9.17) is 16.3 Å².